The van der Waals surface area contributed by atoms with E-state index in [4.69, 9.17) is 9.57 Å². The van der Waals surface area contributed by atoms with Crippen molar-refractivity contribution in [2.45, 2.75) is 103 Å². The lowest BCUT2D eigenvalue weighted by atomic mass is 9.98. The van der Waals surface area contributed by atoms with Crippen molar-refractivity contribution in [2.75, 3.05) is 20.3 Å². The van der Waals surface area contributed by atoms with Crippen LogP contribution in [0.15, 0.2) is 0 Å². The summed E-state index contributed by atoms with van der Waals surface area (Å²) in [4.78, 5) is 5.30. The van der Waals surface area contributed by atoms with E-state index >= 15 is 0 Å². The third kappa shape index (κ3) is 13.0. The van der Waals surface area contributed by atoms with Crippen molar-refractivity contribution in [3.63, 3.8) is 0 Å². The minimum Gasteiger partial charge on any atom is -0.393 e. The topological polar surface area (TPSA) is 91.2 Å². The second-order valence-electron chi connectivity index (χ2n) is 7.62. The van der Waals surface area contributed by atoms with E-state index in [0.717, 1.165) is 19.3 Å². The molecule has 4 N–H and O–H groups in total. The monoisotopic (exact) mass is 377 g/mol. The molecule has 6 heteroatoms. The van der Waals surface area contributed by atoms with Crippen molar-refractivity contribution >= 4 is 0 Å². The molecule has 0 heterocycles. The number of aliphatic hydroxyl groups excluding tert-OH is 3. The number of methoxy groups -OCH3 is 1. The van der Waals surface area contributed by atoms with Crippen LogP contribution in [0.25, 0.3) is 0 Å². The van der Waals surface area contributed by atoms with Gasteiger partial charge in [0.25, 0.3) is 0 Å². The van der Waals surface area contributed by atoms with E-state index in [1.54, 1.807) is 7.11 Å². The van der Waals surface area contributed by atoms with Crippen LogP contribution in [0.3, 0.4) is 0 Å². The Hall–Kier alpha value is -0.240. The first kappa shape index (κ1) is 25.8. The zero-order valence-electron chi connectivity index (χ0n) is 17.3. The number of nitrogens with one attached hydrogen (secondary N) is 1. The second kappa shape index (κ2) is 16.9. The third-order valence-corrected chi connectivity index (χ3v) is 4.87. The Labute approximate surface area is 160 Å². The zero-order valence-corrected chi connectivity index (χ0v) is 17.3. The van der Waals surface area contributed by atoms with Crippen molar-refractivity contribution in [2.24, 2.45) is 5.92 Å². The van der Waals surface area contributed by atoms with Crippen LogP contribution < -0.4 is 5.48 Å². The molecule has 0 saturated carbocycles. The smallest absolute Gasteiger partial charge is 0.130 e. The number of hydroxylamine groups is 1. The fraction of sp³-hybridized carbons (Fsp3) is 1.00. The Kier molecular flexibility index (Phi) is 16.7. The number of unbranched alkanes of at least 4 members (excludes halogenated alkanes) is 7. The highest BCUT2D eigenvalue weighted by Gasteiger charge is 2.28. The molecule has 0 amide bonds. The van der Waals surface area contributed by atoms with E-state index in [1.807, 2.05) is 13.8 Å². The summed E-state index contributed by atoms with van der Waals surface area (Å²) >= 11 is 0. The van der Waals surface area contributed by atoms with E-state index in [-0.39, 0.29) is 12.5 Å². The minimum atomic E-state index is -1.10. The fourth-order valence-corrected chi connectivity index (χ4v) is 2.80. The van der Waals surface area contributed by atoms with E-state index in [0.29, 0.717) is 12.6 Å². The molecule has 0 bridgehead atoms. The van der Waals surface area contributed by atoms with Gasteiger partial charge in [0.05, 0.1) is 18.8 Å². The van der Waals surface area contributed by atoms with Gasteiger partial charge in [-0.25, -0.2) is 5.48 Å². The number of aliphatic hydroxyl groups is 3. The normalized spacial score (nSPS) is 16.6. The standard InChI is InChI=1S/C20H43NO5/c1-16(2)19(23)20(24)18(15-22)26-21-14-12-10-8-6-5-7-9-11-13-17(3)25-4/h16-24H,5-15H2,1-4H3. The Bertz CT molecular complexity index is 304. The lowest BCUT2D eigenvalue weighted by Crippen LogP contribution is -2.46. The maximum Gasteiger partial charge on any atom is 0.130 e. The molecule has 158 valence electrons. The third-order valence-electron chi connectivity index (χ3n) is 4.87. The largest absolute Gasteiger partial charge is 0.393 e. The molecule has 0 aromatic heterocycles. The Balaban J connectivity index is 3.49. The molecule has 0 saturated heterocycles. The van der Waals surface area contributed by atoms with Crippen LogP contribution in [-0.4, -0.2) is 60.0 Å². The summed E-state index contributed by atoms with van der Waals surface area (Å²) in [5, 5.41) is 29.1. The molecule has 0 spiro atoms. The van der Waals surface area contributed by atoms with Gasteiger partial charge in [-0.2, -0.15) is 0 Å². The SMILES string of the molecule is COC(C)CCCCCCCCCCNOC(CO)C(O)C(O)C(C)C. The van der Waals surface area contributed by atoms with Crippen LogP contribution in [-0.2, 0) is 9.57 Å². The van der Waals surface area contributed by atoms with Gasteiger partial charge >= 0.3 is 0 Å². The van der Waals surface area contributed by atoms with Crippen LogP contribution in [0.4, 0.5) is 0 Å². The number of rotatable bonds is 18. The predicted molar refractivity (Wildman–Crippen MR) is 105 cm³/mol. The Morgan fingerprint density at radius 3 is 1.85 bits per heavy atom. The highest BCUT2D eigenvalue weighted by Crippen LogP contribution is 2.12. The molecular formula is C20H43NO5. The molecule has 26 heavy (non-hydrogen) atoms. The summed E-state index contributed by atoms with van der Waals surface area (Å²) in [6, 6.07) is 0. The number of hydrogen-bond donors (Lipinski definition) is 4. The molecule has 0 aliphatic carbocycles. The molecular weight excluding hydrogens is 334 g/mol. The van der Waals surface area contributed by atoms with Crippen LogP contribution in [0.5, 0.6) is 0 Å². The molecule has 0 aliphatic rings. The quantitative estimate of drug-likeness (QED) is 0.217. The van der Waals surface area contributed by atoms with Gasteiger partial charge in [0.15, 0.2) is 0 Å². The molecule has 0 aromatic rings. The van der Waals surface area contributed by atoms with Gasteiger partial charge in [-0.1, -0.05) is 58.8 Å². The van der Waals surface area contributed by atoms with Gasteiger partial charge in [0, 0.05) is 13.7 Å². The van der Waals surface area contributed by atoms with Crippen molar-refractivity contribution in [3.8, 4) is 0 Å². The van der Waals surface area contributed by atoms with Crippen LogP contribution in [0.2, 0.25) is 0 Å². The molecule has 4 unspecified atom stereocenters. The highest BCUT2D eigenvalue weighted by molar-refractivity contribution is 4.77. The first-order chi connectivity index (χ1) is 12.4. The van der Waals surface area contributed by atoms with Gasteiger partial charge in [-0.3, -0.25) is 4.84 Å². The van der Waals surface area contributed by atoms with Gasteiger partial charge in [0.2, 0.25) is 0 Å². The average molecular weight is 378 g/mol. The number of hydrogen-bond acceptors (Lipinski definition) is 6. The first-order valence-corrected chi connectivity index (χ1v) is 10.3. The summed E-state index contributed by atoms with van der Waals surface area (Å²) in [6.07, 6.45) is 8.45. The minimum absolute atomic E-state index is 0.0916. The lowest BCUT2D eigenvalue weighted by molar-refractivity contribution is -0.145. The summed E-state index contributed by atoms with van der Waals surface area (Å²) in [5.74, 6) is -0.0916. The molecule has 6 nitrogen and oxygen atoms in total. The Morgan fingerprint density at radius 2 is 1.35 bits per heavy atom. The second-order valence-corrected chi connectivity index (χ2v) is 7.62. The van der Waals surface area contributed by atoms with Crippen molar-refractivity contribution in [3.05, 3.63) is 0 Å². The van der Waals surface area contributed by atoms with E-state index in [1.165, 1.54) is 38.5 Å². The van der Waals surface area contributed by atoms with Crippen molar-refractivity contribution in [1.82, 2.24) is 5.48 Å². The predicted octanol–water partition coefficient (Wildman–Crippen LogP) is 2.79. The molecule has 0 rings (SSSR count). The Morgan fingerprint density at radius 1 is 0.808 bits per heavy atom. The van der Waals surface area contributed by atoms with Crippen molar-refractivity contribution in [1.29, 1.82) is 0 Å². The molecule has 0 aliphatic heterocycles. The van der Waals surface area contributed by atoms with Crippen LogP contribution >= 0.6 is 0 Å². The van der Waals surface area contributed by atoms with E-state index in [2.05, 4.69) is 12.4 Å². The maximum atomic E-state index is 9.97. The highest BCUT2D eigenvalue weighted by atomic mass is 16.7. The van der Waals surface area contributed by atoms with Gasteiger partial charge in [-0.15, -0.1) is 0 Å². The summed E-state index contributed by atoms with van der Waals surface area (Å²) in [5.41, 5.74) is 2.80. The molecule has 0 aromatic carbocycles. The van der Waals surface area contributed by atoms with Crippen molar-refractivity contribution < 1.29 is 24.9 Å². The molecule has 4 atom stereocenters. The summed E-state index contributed by atoms with van der Waals surface area (Å²) in [6.45, 7) is 6.09. The average Bonchev–Trinajstić information content (AvgIpc) is 2.64. The fourth-order valence-electron chi connectivity index (χ4n) is 2.80. The van der Waals surface area contributed by atoms with Crippen LogP contribution in [0, 0.1) is 5.92 Å². The van der Waals surface area contributed by atoms with Gasteiger partial charge in [0.1, 0.15) is 12.2 Å². The zero-order chi connectivity index (χ0) is 19.8. The van der Waals surface area contributed by atoms with Gasteiger partial charge in [-0.05, 0) is 25.7 Å². The molecule has 0 fully saturated rings. The summed E-state index contributed by atoms with van der Waals surface area (Å²) in [7, 11) is 1.77. The van der Waals surface area contributed by atoms with Gasteiger partial charge < -0.3 is 20.1 Å². The number of ether oxygens (including phenoxy) is 1. The first-order valence-electron chi connectivity index (χ1n) is 10.3. The maximum absolute atomic E-state index is 9.97. The van der Waals surface area contributed by atoms with Crippen LogP contribution in [0.1, 0.15) is 78.6 Å². The lowest BCUT2D eigenvalue weighted by Gasteiger charge is -2.27. The summed E-state index contributed by atoms with van der Waals surface area (Å²) < 4.78 is 5.24. The molecule has 0 radical (unpaired) electrons. The van der Waals surface area contributed by atoms with E-state index in [9.17, 15) is 15.3 Å². The van der Waals surface area contributed by atoms with E-state index < -0.39 is 18.3 Å².